The molecule has 0 aliphatic rings. The molecular formula is C9H15F3N2O3. The first-order valence-electron chi connectivity index (χ1n) is 4.75. The predicted molar refractivity (Wildman–Crippen MR) is 53.2 cm³/mol. The Morgan fingerprint density at radius 3 is 2.18 bits per heavy atom. The largest absolute Gasteiger partial charge is 0.467 e. The number of rotatable bonds is 5. The Morgan fingerprint density at radius 1 is 1.24 bits per heavy atom. The average molecular weight is 256 g/mol. The minimum absolute atomic E-state index is 0.528. The standard InChI is InChI=1S/C9H15F3N2O3/c1-8(2,7(16)17-3)14-6(15)4-13-5-9(10,11)12/h13H,4-5H2,1-3H3,(H,14,15). The fraction of sp³-hybridized carbons (Fsp3) is 0.778. The first kappa shape index (κ1) is 15.7. The summed E-state index contributed by atoms with van der Waals surface area (Å²) in [6.45, 7) is 0.986. The van der Waals surface area contributed by atoms with Gasteiger partial charge < -0.3 is 15.4 Å². The van der Waals surface area contributed by atoms with Crippen molar-refractivity contribution in [3.63, 3.8) is 0 Å². The van der Waals surface area contributed by atoms with E-state index < -0.39 is 36.7 Å². The Labute approximate surface area is 96.7 Å². The molecule has 0 heterocycles. The lowest BCUT2D eigenvalue weighted by atomic mass is 10.1. The lowest BCUT2D eigenvalue weighted by Gasteiger charge is -2.23. The monoisotopic (exact) mass is 256 g/mol. The van der Waals surface area contributed by atoms with Crippen molar-refractivity contribution in [2.45, 2.75) is 25.6 Å². The van der Waals surface area contributed by atoms with Crippen LogP contribution in [-0.2, 0) is 14.3 Å². The zero-order chi connectivity index (χ0) is 13.7. The highest BCUT2D eigenvalue weighted by Crippen LogP contribution is 2.11. The molecule has 2 N–H and O–H groups in total. The van der Waals surface area contributed by atoms with Gasteiger partial charge >= 0.3 is 12.1 Å². The van der Waals surface area contributed by atoms with E-state index in [0.717, 1.165) is 7.11 Å². The van der Waals surface area contributed by atoms with Crippen LogP contribution < -0.4 is 10.6 Å². The van der Waals surface area contributed by atoms with Gasteiger partial charge in [-0.2, -0.15) is 13.2 Å². The van der Waals surface area contributed by atoms with Crippen LogP contribution in [0, 0.1) is 0 Å². The van der Waals surface area contributed by atoms with E-state index in [-0.39, 0.29) is 0 Å². The molecule has 0 spiro atoms. The molecule has 0 radical (unpaired) electrons. The third kappa shape index (κ3) is 6.77. The summed E-state index contributed by atoms with van der Waals surface area (Å²) in [4.78, 5) is 22.4. The van der Waals surface area contributed by atoms with Crippen molar-refractivity contribution in [1.82, 2.24) is 10.6 Å². The summed E-state index contributed by atoms with van der Waals surface area (Å²) in [5, 5.41) is 4.17. The summed E-state index contributed by atoms with van der Waals surface area (Å²) in [7, 11) is 1.15. The number of hydrogen-bond acceptors (Lipinski definition) is 4. The molecule has 0 aliphatic heterocycles. The minimum Gasteiger partial charge on any atom is -0.467 e. The van der Waals surface area contributed by atoms with Gasteiger partial charge in [-0.3, -0.25) is 4.79 Å². The van der Waals surface area contributed by atoms with Crippen LogP contribution >= 0.6 is 0 Å². The normalized spacial score (nSPS) is 12.1. The Bertz CT molecular complexity index is 290. The molecule has 100 valence electrons. The molecule has 0 aliphatic carbocycles. The molecule has 0 rings (SSSR count). The van der Waals surface area contributed by atoms with Gasteiger partial charge in [0.15, 0.2) is 0 Å². The number of alkyl halides is 3. The molecule has 5 nitrogen and oxygen atoms in total. The topological polar surface area (TPSA) is 67.4 Å². The second-order valence-electron chi connectivity index (χ2n) is 3.88. The van der Waals surface area contributed by atoms with Crippen LogP contribution in [0.5, 0.6) is 0 Å². The number of methoxy groups -OCH3 is 1. The van der Waals surface area contributed by atoms with Crippen LogP contribution in [0.1, 0.15) is 13.8 Å². The van der Waals surface area contributed by atoms with Gasteiger partial charge in [0, 0.05) is 0 Å². The van der Waals surface area contributed by atoms with Crippen molar-refractivity contribution in [2.75, 3.05) is 20.2 Å². The zero-order valence-corrected chi connectivity index (χ0v) is 9.77. The smallest absolute Gasteiger partial charge is 0.401 e. The number of halogens is 3. The highest BCUT2D eigenvalue weighted by molar-refractivity contribution is 5.88. The summed E-state index contributed by atoms with van der Waals surface area (Å²) < 4.78 is 39.7. The van der Waals surface area contributed by atoms with Gasteiger partial charge in [-0.05, 0) is 13.8 Å². The number of carbonyl (C=O) groups excluding carboxylic acids is 2. The molecule has 0 saturated carbocycles. The summed E-state index contributed by atoms with van der Waals surface area (Å²) >= 11 is 0. The lowest BCUT2D eigenvalue weighted by Crippen LogP contribution is -2.53. The highest BCUT2D eigenvalue weighted by Gasteiger charge is 2.31. The molecule has 17 heavy (non-hydrogen) atoms. The first-order chi connectivity index (χ1) is 7.58. The van der Waals surface area contributed by atoms with Crippen molar-refractivity contribution in [3.05, 3.63) is 0 Å². The van der Waals surface area contributed by atoms with Gasteiger partial charge in [-0.25, -0.2) is 4.79 Å². The summed E-state index contributed by atoms with van der Waals surface area (Å²) in [6.07, 6.45) is -4.38. The van der Waals surface area contributed by atoms with Crippen LogP contribution in [0.4, 0.5) is 13.2 Å². The van der Waals surface area contributed by atoms with Crippen molar-refractivity contribution in [3.8, 4) is 0 Å². The molecule has 1 amide bonds. The van der Waals surface area contributed by atoms with Gasteiger partial charge in [0.2, 0.25) is 5.91 Å². The molecule has 8 heteroatoms. The Kier molecular flexibility index (Phi) is 5.40. The maximum Gasteiger partial charge on any atom is 0.401 e. The summed E-state index contributed by atoms with van der Waals surface area (Å²) in [5.41, 5.74) is -1.27. The molecule has 0 fully saturated rings. The highest BCUT2D eigenvalue weighted by atomic mass is 19.4. The number of amides is 1. The maximum absolute atomic E-state index is 11.8. The molecule has 0 unspecified atom stereocenters. The van der Waals surface area contributed by atoms with E-state index in [4.69, 9.17) is 0 Å². The van der Waals surface area contributed by atoms with Gasteiger partial charge in [0.05, 0.1) is 20.2 Å². The number of esters is 1. The van der Waals surface area contributed by atoms with E-state index in [1.807, 2.05) is 5.32 Å². The molecule has 0 aromatic carbocycles. The SMILES string of the molecule is COC(=O)C(C)(C)NC(=O)CNCC(F)(F)F. The van der Waals surface area contributed by atoms with Crippen LogP contribution in [0.2, 0.25) is 0 Å². The van der Waals surface area contributed by atoms with E-state index in [1.54, 1.807) is 0 Å². The van der Waals surface area contributed by atoms with E-state index in [2.05, 4.69) is 10.1 Å². The van der Waals surface area contributed by atoms with Crippen LogP contribution in [-0.4, -0.2) is 43.8 Å². The molecule has 0 atom stereocenters. The summed E-state index contributed by atoms with van der Waals surface area (Å²) in [5.74, 6) is -1.40. The van der Waals surface area contributed by atoms with E-state index >= 15 is 0 Å². The second-order valence-corrected chi connectivity index (χ2v) is 3.88. The molecule has 0 saturated heterocycles. The van der Waals surface area contributed by atoms with Gasteiger partial charge in [-0.1, -0.05) is 0 Å². The van der Waals surface area contributed by atoms with Gasteiger partial charge in [0.1, 0.15) is 5.54 Å². The lowest BCUT2D eigenvalue weighted by molar-refractivity contribution is -0.149. The van der Waals surface area contributed by atoms with Crippen LogP contribution in [0.3, 0.4) is 0 Å². The van der Waals surface area contributed by atoms with Crippen LogP contribution in [0.15, 0.2) is 0 Å². The fourth-order valence-electron chi connectivity index (χ4n) is 1.02. The number of hydrogen-bond donors (Lipinski definition) is 2. The van der Waals surface area contributed by atoms with Gasteiger partial charge in [-0.15, -0.1) is 0 Å². The molecule has 0 aromatic heterocycles. The molecule has 0 aromatic rings. The molecule has 0 bridgehead atoms. The third-order valence-electron chi connectivity index (χ3n) is 1.76. The van der Waals surface area contributed by atoms with Crippen LogP contribution in [0.25, 0.3) is 0 Å². The number of ether oxygens (including phenoxy) is 1. The second kappa shape index (κ2) is 5.85. The summed E-state index contributed by atoms with van der Waals surface area (Å²) in [6, 6.07) is 0. The quantitative estimate of drug-likeness (QED) is 0.690. The number of carbonyl (C=O) groups is 2. The van der Waals surface area contributed by atoms with Crippen molar-refractivity contribution < 1.29 is 27.5 Å². The van der Waals surface area contributed by atoms with E-state index in [1.165, 1.54) is 13.8 Å². The van der Waals surface area contributed by atoms with Crippen molar-refractivity contribution >= 4 is 11.9 Å². The third-order valence-corrected chi connectivity index (χ3v) is 1.76. The Morgan fingerprint density at radius 2 is 1.76 bits per heavy atom. The fourth-order valence-corrected chi connectivity index (χ4v) is 1.02. The maximum atomic E-state index is 11.8. The Balaban J connectivity index is 4.06. The van der Waals surface area contributed by atoms with Gasteiger partial charge in [0.25, 0.3) is 0 Å². The van der Waals surface area contributed by atoms with Crippen molar-refractivity contribution in [2.24, 2.45) is 0 Å². The zero-order valence-electron chi connectivity index (χ0n) is 9.77. The molecular weight excluding hydrogens is 241 g/mol. The predicted octanol–water partition coefficient (Wildman–Crippen LogP) is 0.206. The average Bonchev–Trinajstić information content (AvgIpc) is 2.13. The number of nitrogens with one attached hydrogen (secondary N) is 2. The van der Waals surface area contributed by atoms with E-state index in [0.29, 0.717) is 0 Å². The van der Waals surface area contributed by atoms with Crippen molar-refractivity contribution in [1.29, 1.82) is 0 Å². The van der Waals surface area contributed by atoms with E-state index in [9.17, 15) is 22.8 Å². The minimum atomic E-state index is -4.38. The Hall–Kier alpha value is -1.31. The first-order valence-corrected chi connectivity index (χ1v) is 4.75.